The van der Waals surface area contributed by atoms with Crippen molar-refractivity contribution in [2.45, 2.75) is 443 Å². The number of hydrogen-bond acceptors (Lipinski definition) is 5. The first-order chi connectivity index (χ1) is 44.5. The number of aliphatic hydroxyl groups is 1. The number of hydrogen-bond donors (Lipinski definition) is 3. The third-order valence-corrected chi connectivity index (χ3v) is 20.1. The van der Waals surface area contributed by atoms with Crippen LogP contribution in [-0.4, -0.2) is 73.4 Å². The van der Waals surface area contributed by atoms with Crippen LogP contribution in [0.1, 0.15) is 431 Å². The summed E-state index contributed by atoms with van der Waals surface area (Å²) in [5.74, 6) is -0.177. The molecular formula is C82H162N2O6P+. The van der Waals surface area contributed by atoms with Gasteiger partial charge in [0.15, 0.2) is 0 Å². The van der Waals surface area contributed by atoms with Crippen molar-refractivity contribution in [1.29, 1.82) is 0 Å². The maximum absolute atomic E-state index is 13.1. The number of quaternary nitrogens is 1. The number of unbranched alkanes of at least 4 members (excludes halogenated alkanes) is 60. The molecule has 0 spiro atoms. The molecule has 3 atom stereocenters. The summed E-state index contributed by atoms with van der Waals surface area (Å²) in [5, 5.41) is 14.0. The molecule has 0 heterocycles. The van der Waals surface area contributed by atoms with Gasteiger partial charge in [0.25, 0.3) is 0 Å². The first-order valence-electron chi connectivity index (χ1n) is 40.9. The summed E-state index contributed by atoms with van der Waals surface area (Å²) >= 11 is 0. The van der Waals surface area contributed by atoms with Crippen LogP contribution in [0.4, 0.5) is 0 Å². The van der Waals surface area contributed by atoms with Crippen LogP contribution in [0.15, 0.2) is 36.5 Å². The molecule has 0 fully saturated rings. The predicted octanol–water partition coefficient (Wildman–Crippen LogP) is 26.7. The molecule has 0 aromatic heterocycles. The summed E-state index contributed by atoms with van der Waals surface area (Å²) in [6, 6.07) is -0.864. The van der Waals surface area contributed by atoms with Crippen molar-refractivity contribution in [2.75, 3.05) is 40.9 Å². The SMILES string of the molecule is CCCCCCCCCC/C=C\CCCCCCCCCCCCCCCCCCCCCCCCCCCCCC(=O)NC(COP(=O)(O)OCC[N+](C)(C)C)C(O)/C=C/CC/C=C/CCCCCCCCCCCCCCCCCCCCCCCCCC. The van der Waals surface area contributed by atoms with Crippen LogP contribution < -0.4 is 5.32 Å². The monoisotopic (exact) mass is 1300 g/mol. The number of carbonyl (C=O) groups excluding carboxylic acids is 1. The Morgan fingerprint density at radius 1 is 0.363 bits per heavy atom. The summed E-state index contributed by atoms with van der Waals surface area (Å²) in [6.45, 7) is 4.87. The van der Waals surface area contributed by atoms with Crippen molar-refractivity contribution in [1.82, 2.24) is 5.32 Å². The Labute approximate surface area is 569 Å². The summed E-state index contributed by atoms with van der Waals surface area (Å²) in [7, 11) is 1.58. The van der Waals surface area contributed by atoms with E-state index in [2.05, 4.69) is 43.5 Å². The second kappa shape index (κ2) is 73.0. The molecule has 540 valence electrons. The molecule has 0 aliphatic carbocycles. The normalized spacial score (nSPS) is 13.6. The number of likely N-dealkylation sites (N-methyl/N-ethyl adjacent to an activating group) is 1. The maximum atomic E-state index is 13.1. The van der Waals surface area contributed by atoms with Crippen LogP contribution in [0.5, 0.6) is 0 Å². The van der Waals surface area contributed by atoms with Gasteiger partial charge in [-0.1, -0.05) is 403 Å². The lowest BCUT2D eigenvalue weighted by Crippen LogP contribution is -2.45. The van der Waals surface area contributed by atoms with Crippen LogP contribution in [-0.2, 0) is 18.4 Å². The van der Waals surface area contributed by atoms with Gasteiger partial charge in [-0.3, -0.25) is 13.8 Å². The van der Waals surface area contributed by atoms with Crippen molar-refractivity contribution in [3.8, 4) is 0 Å². The van der Waals surface area contributed by atoms with Gasteiger partial charge < -0.3 is 19.8 Å². The van der Waals surface area contributed by atoms with Gasteiger partial charge in [0.05, 0.1) is 39.9 Å². The van der Waals surface area contributed by atoms with Gasteiger partial charge >= 0.3 is 7.82 Å². The minimum atomic E-state index is -4.36. The van der Waals surface area contributed by atoms with Gasteiger partial charge in [0.1, 0.15) is 13.2 Å². The first-order valence-corrected chi connectivity index (χ1v) is 42.4. The van der Waals surface area contributed by atoms with Gasteiger partial charge in [0, 0.05) is 6.42 Å². The molecule has 1 amide bonds. The lowest BCUT2D eigenvalue weighted by Gasteiger charge is -2.25. The number of phosphoric ester groups is 1. The number of aliphatic hydroxyl groups excluding tert-OH is 1. The van der Waals surface area contributed by atoms with Crippen molar-refractivity contribution in [2.24, 2.45) is 0 Å². The van der Waals surface area contributed by atoms with Gasteiger partial charge in [0.2, 0.25) is 5.91 Å². The van der Waals surface area contributed by atoms with E-state index < -0.39 is 20.0 Å². The number of rotatable bonds is 77. The molecule has 0 radical (unpaired) electrons. The Hall–Kier alpha value is -1.28. The molecule has 3 unspecified atom stereocenters. The summed E-state index contributed by atoms with van der Waals surface area (Å²) in [6.07, 6.45) is 99.3. The fourth-order valence-corrected chi connectivity index (χ4v) is 13.5. The molecule has 0 bridgehead atoms. The van der Waals surface area contributed by atoms with E-state index in [-0.39, 0.29) is 19.1 Å². The fraction of sp³-hybridized carbons (Fsp3) is 0.915. The molecule has 0 aromatic rings. The second-order valence-electron chi connectivity index (χ2n) is 29.5. The first kappa shape index (κ1) is 89.7. The quantitative estimate of drug-likeness (QED) is 0.0243. The van der Waals surface area contributed by atoms with Crippen molar-refractivity contribution >= 4 is 13.7 Å². The Balaban J connectivity index is 3.94. The zero-order chi connectivity index (χ0) is 66.2. The van der Waals surface area contributed by atoms with E-state index in [0.717, 1.165) is 38.5 Å². The zero-order valence-electron chi connectivity index (χ0n) is 62.1. The van der Waals surface area contributed by atoms with E-state index in [1.807, 2.05) is 27.2 Å². The number of phosphoric acid groups is 1. The molecule has 0 aliphatic heterocycles. The summed E-state index contributed by atoms with van der Waals surface area (Å²) in [5.41, 5.74) is 0. The zero-order valence-corrected chi connectivity index (χ0v) is 63.0. The molecule has 3 N–H and O–H groups in total. The highest BCUT2D eigenvalue weighted by Gasteiger charge is 2.28. The average molecular weight is 1300 g/mol. The van der Waals surface area contributed by atoms with Gasteiger partial charge in [-0.05, 0) is 57.8 Å². The van der Waals surface area contributed by atoms with Gasteiger partial charge in [-0.2, -0.15) is 0 Å². The molecule has 0 aromatic carbocycles. The number of amides is 1. The Bertz CT molecular complexity index is 1580. The standard InChI is InChI=1S/C82H161N2O6P/c1-6-8-10-12-14-16-18-20-22-24-26-28-30-32-34-36-38-39-40-41-42-43-44-45-46-48-50-52-54-56-58-60-62-64-66-68-70-72-74-76-82(86)83-80(79-90-91(87,88)89-78-77-84(3,4)5)81(85)75-73-71-69-67-65-63-61-59-57-55-53-51-49-47-37-35-33-31-29-27-25-23-21-19-17-15-13-11-9-7-2/h24,26,65,67,73,75,80-81,85H,6-23,25,27-64,66,68-72,74,76-79H2,1-5H3,(H-,83,86,87,88)/p+1/b26-24-,67-65+,75-73+. The van der Waals surface area contributed by atoms with Crippen molar-refractivity contribution in [3.05, 3.63) is 36.5 Å². The van der Waals surface area contributed by atoms with E-state index in [1.165, 1.54) is 372 Å². The molecule has 0 aliphatic rings. The topological polar surface area (TPSA) is 105 Å². The van der Waals surface area contributed by atoms with E-state index in [4.69, 9.17) is 9.05 Å². The van der Waals surface area contributed by atoms with Crippen LogP contribution in [0.3, 0.4) is 0 Å². The molecule has 0 saturated carbocycles. The summed E-state index contributed by atoms with van der Waals surface area (Å²) < 4.78 is 23.9. The van der Waals surface area contributed by atoms with Crippen LogP contribution >= 0.6 is 7.82 Å². The lowest BCUT2D eigenvalue weighted by atomic mass is 10.0. The highest BCUT2D eigenvalue weighted by atomic mass is 31.2. The summed E-state index contributed by atoms with van der Waals surface area (Å²) in [4.78, 5) is 23.5. The number of nitrogens with zero attached hydrogens (tertiary/aromatic N) is 1. The molecule has 8 nitrogen and oxygen atoms in total. The third kappa shape index (κ3) is 76.0. The van der Waals surface area contributed by atoms with Gasteiger partial charge in [-0.25, -0.2) is 4.57 Å². The van der Waals surface area contributed by atoms with E-state index in [0.29, 0.717) is 17.4 Å². The van der Waals surface area contributed by atoms with Crippen molar-refractivity contribution in [3.63, 3.8) is 0 Å². The van der Waals surface area contributed by atoms with Crippen LogP contribution in [0.2, 0.25) is 0 Å². The fourth-order valence-electron chi connectivity index (χ4n) is 12.8. The molecule has 9 heteroatoms. The Morgan fingerprint density at radius 3 is 0.879 bits per heavy atom. The van der Waals surface area contributed by atoms with E-state index in [9.17, 15) is 19.4 Å². The molecule has 0 saturated heterocycles. The smallest absolute Gasteiger partial charge is 0.387 e. The minimum absolute atomic E-state index is 0.0586. The number of nitrogens with one attached hydrogen (secondary N) is 1. The average Bonchev–Trinajstić information content (AvgIpc) is 3.58. The van der Waals surface area contributed by atoms with E-state index in [1.54, 1.807) is 6.08 Å². The maximum Gasteiger partial charge on any atom is 0.472 e. The minimum Gasteiger partial charge on any atom is -0.387 e. The van der Waals surface area contributed by atoms with Crippen LogP contribution in [0.25, 0.3) is 0 Å². The number of carbonyl (C=O) groups is 1. The third-order valence-electron chi connectivity index (χ3n) is 19.1. The van der Waals surface area contributed by atoms with Crippen molar-refractivity contribution < 1.29 is 32.9 Å². The number of allylic oxidation sites excluding steroid dienone is 5. The second-order valence-corrected chi connectivity index (χ2v) is 30.9. The van der Waals surface area contributed by atoms with Crippen LogP contribution in [0, 0.1) is 0 Å². The predicted molar refractivity (Wildman–Crippen MR) is 401 cm³/mol. The Morgan fingerprint density at radius 2 is 0.604 bits per heavy atom. The van der Waals surface area contributed by atoms with E-state index >= 15 is 0 Å². The molecular weight excluding hydrogens is 1140 g/mol. The highest BCUT2D eigenvalue weighted by Crippen LogP contribution is 2.43. The molecule has 0 rings (SSSR count). The lowest BCUT2D eigenvalue weighted by molar-refractivity contribution is -0.870. The highest BCUT2D eigenvalue weighted by molar-refractivity contribution is 7.47. The van der Waals surface area contributed by atoms with Gasteiger partial charge in [-0.15, -0.1) is 0 Å². The Kier molecular flexibility index (Phi) is 72.0. The molecule has 91 heavy (non-hydrogen) atoms. The largest absolute Gasteiger partial charge is 0.472 e.